The van der Waals surface area contributed by atoms with Crippen molar-refractivity contribution in [2.75, 3.05) is 11.9 Å². The van der Waals surface area contributed by atoms with E-state index in [9.17, 15) is 4.79 Å². The summed E-state index contributed by atoms with van der Waals surface area (Å²) >= 11 is 5.90. The first-order valence-electron chi connectivity index (χ1n) is 4.98. The third-order valence-electron chi connectivity index (χ3n) is 2.09. The molecule has 0 saturated heterocycles. The number of primary amides is 1. The van der Waals surface area contributed by atoms with E-state index in [0.29, 0.717) is 10.6 Å². The summed E-state index contributed by atoms with van der Waals surface area (Å²) in [7, 11) is 0. The third kappa shape index (κ3) is 3.44. The van der Waals surface area contributed by atoms with Crippen molar-refractivity contribution < 1.29 is 4.79 Å². The summed E-state index contributed by atoms with van der Waals surface area (Å²) in [5, 5.41) is 3.61. The Morgan fingerprint density at radius 1 is 1.53 bits per heavy atom. The topological polar surface area (TPSA) is 55.1 Å². The second-order valence-corrected chi connectivity index (χ2v) is 3.75. The monoisotopic (exact) mass is 226 g/mol. The van der Waals surface area contributed by atoms with Gasteiger partial charge in [-0.05, 0) is 24.6 Å². The van der Waals surface area contributed by atoms with Crippen molar-refractivity contribution in [3.8, 4) is 0 Å². The first kappa shape index (κ1) is 11.9. The van der Waals surface area contributed by atoms with Gasteiger partial charge in [-0.2, -0.15) is 0 Å². The smallest absolute Gasteiger partial charge is 0.250 e. The summed E-state index contributed by atoms with van der Waals surface area (Å²) in [6.45, 7) is 3.04. The first-order chi connectivity index (χ1) is 7.15. The molecule has 15 heavy (non-hydrogen) atoms. The van der Waals surface area contributed by atoms with Gasteiger partial charge in [0.05, 0.1) is 10.6 Å². The molecule has 1 aromatic rings. The number of unbranched alkanes of at least 4 members (excludes halogenated alkanes) is 1. The fourth-order valence-electron chi connectivity index (χ4n) is 1.23. The van der Waals surface area contributed by atoms with Crippen molar-refractivity contribution in [3.05, 3.63) is 28.8 Å². The van der Waals surface area contributed by atoms with E-state index in [0.717, 1.165) is 25.1 Å². The van der Waals surface area contributed by atoms with E-state index in [2.05, 4.69) is 12.2 Å². The van der Waals surface area contributed by atoms with Gasteiger partial charge in [0.15, 0.2) is 0 Å². The molecule has 0 aliphatic heterocycles. The molecule has 82 valence electrons. The van der Waals surface area contributed by atoms with E-state index >= 15 is 0 Å². The van der Waals surface area contributed by atoms with E-state index in [1.807, 2.05) is 6.07 Å². The lowest BCUT2D eigenvalue weighted by Gasteiger charge is -2.07. The van der Waals surface area contributed by atoms with Crippen LogP contribution in [0.3, 0.4) is 0 Å². The largest absolute Gasteiger partial charge is 0.385 e. The van der Waals surface area contributed by atoms with Gasteiger partial charge in [0, 0.05) is 12.2 Å². The van der Waals surface area contributed by atoms with E-state index < -0.39 is 5.91 Å². The molecular formula is C11H15ClN2O. The quantitative estimate of drug-likeness (QED) is 0.759. The van der Waals surface area contributed by atoms with Gasteiger partial charge in [-0.3, -0.25) is 4.79 Å². The highest BCUT2D eigenvalue weighted by molar-refractivity contribution is 6.34. The van der Waals surface area contributed by atoms with Crippen LogP contribution in [0, 0.1) is 0 Å². The third-order valence-corrected chi connectivity index (χ3v) is 2.41. The molecule has 1 amide bonds. The minimum atomic E-state index is -0.500. The van der Waals surface area contributed by atoms with Gasteiger partial charge in [-0.15, -0.1) is 0 Å². The van der Waals surface area contributed by atoms with Gasteiger partial charge in [-0.25, -0.2) is 0 Å². The normalized spacial score (nSPS) is 10.0. The van der Waals surface area contributed by atoms with Crippen LogP contribution in [0.15, 0.2) is 18.2 Å². The van der Waals surface area contributed by atoms with Crippen LogP contribution in [0.2, 0.25) is 5.02 Å². The molecule has 0 heterocycles. The number of carbonyl (C=O) groups excluding carboxylic acids is 1. The molecule has 4 heteroatoms. The number of nitrogens with one attached hydrogen (secondary N) is 1. The Kier molecular flexibility index (Phi) is 4.43. The van der Waals surface area contributed by atoms with Crippen LogP contribution >= 0.6 is 11.6 Å². The highest BCUT2D eigenvalue weighted by Gasteiger charge is 2.06. The molecule has 3 nitrogen and oxygen atoms in total. The van der Waals surface area contributed by atoms with Gasteiger partial charge in [0.25, 0.3) is 0 Å². The standard InChI is InChI=1S/C11H15ClN2O/c1-2-3-6-14-8-4-5-9(11(13)15)10(12)7-8/h4-5,7,14H,2-3,6H2,1H3,(H2,13,15). The summed E-state index contributed by atoms with van der Waals surface area (Å²) in [5.74, 6) is -0.500. The lowest BCUT2D eigenvalue weighted by atomic mass is 10.2. The predicted molar refractivity (Wildman–Crippen MR) is 63.4 cm³/mol. The average Bonchev–Trinajstić information content (AvgIpc) is 2.17. The number of rotatable bonds is 5. The van der Waals surface area contributed by atoms with Crippen molar-refractivity contribution in [1.29, 1.82) is 0 Å². The molecule has 0 aliphatic rings. The number of amides is 1. The molecule has 1 rings (SSSR count). The minimum Gasteiger partial charge on any atom is -0.385 e. The second-order valence-electron chi connectivity index (χ2n) is 3.34. The molecule has 0 aromatic heterocycles. The van der Waals surface area contributed by atoms with Crippen LogP contribution in [0.5, 0.6) is 0 Å². The van der Waals surface area contributed by atoms with Crippen molar-refractivity contribution in [2.45, 2.75) is 19.8 Å². The Bertz CT molecular complexity index is 352. The van der Waals surface area contributed by atoms with Crippen LogP contribution < -0.4 is 11.1 Å². The van der Waals surface area contributed by atoms with E-state index in [-0.39, 0.29) is 0 Å². The zero-order valence-corrected chi connectivity index (χ0v) is 9.47. The molecule has 0 saturated carbocycles. The van der Waals surface area contributed by atoms with Crippen molar-refractivity contribution in [2.24, 2.45) is 5.73 Å². The average molecular weight is 227 g/mol. The van der Waals surface area contributed by atoms with Crippen molar-refractivity contribution in [3.63, 3.8) is 0 Å². The molecule has 0 radical (unpaired) electrons. The van der Waals surface area contributed by atoms with E-state index in [1.54, 1.807) is 12.1 Å². The Balaban J connectivity index is 2.69. The minimum absolute atomic E-state index is 0.359. The molecule has 0 atom stereocenters. The van der Waals surface area contributed by atoms with Gasteiger partial charge < -0.3 is 11.1 Å². The number of anilines is 1. The SMILES string of the molecule is CCCCNc1ccc(C(N)=O)c(Cl)c1. The van der Waals surface area contributed by atoms with Crippen LogP contribution in [0.25, 0.3) is 0 Å². The van der Waals surface area contributed by atoms with E-state index in [1.165, 1.54) is 0 Å². The van der Waals surface area contributed by atoms with Crippen LogP contribution in [0.1, 0.15) is 30.1 Å². The number of halogens is 1. The Labute approximate surface area is 94.6 Å². The van der Waals surface area contributed by atoms with Gasteiger partial charge in [0.1, 0.15) is 0 Å². The van der Waals surface area contributed by atoms with Crippen LogP contribution in [-0.2, 0) is 0 Å². The first-order valence-corrected chi connectivity index (χ1v) is 5.36. The summed E-state index contributed by atoms with van der Waals surface area (Å²) in [6.07, 6.45) is 2.25. The molecule has 0 spiro atoms. The number of carbonyl (C=O) groups is 1. The Morgan fingerprint density at radius 2 is 2.27 bits per heavy atom. The van der Waals surface area contributed by atoms with Crippen molar-refractivity contribution in [1.82, 2.24) is 0 Å². The van der Waals surface area contributed by atoms with Crippen LogP contribution in [0.4, 0.5) is 5.69 Å². The number of hydrogen-bond donors (Lipinski definition) is 2. The predicted octanol–water partition coefficient (Wildman–Crippen LogP) is 2.65. The van der Waals surface area contributed by atoms with E-state index in [4.69, 9.17) is 17.3 Å². The molecule has 1 aromatic carbocycles. The van der Waals surface area contributed by atoms with Gasteiger partial charge in [0.2, 0.25) is 5.91 Å². The number of hydrogen-bond acceptors (Lipinski definition) is 2. The van der Waals surface area contributed by atoms with Crippen molar-refractivity contribution >= 4 is 23.2 Å². The lowest BCUT2D eigenvalue weighted by Crippen LogP contribution is -2.11. The number of benzene rings is 1. The zero-order valence-electron chi connectivity index (χ0n) is 8.72. The van der Waals surface area contributed by atoms with Gasteiger partial charge >= 0.3 is 0 Å². The molecule has 0 bridgehead atoms. The van der Waals surface area contributed by atoms with Crippen LogP contribution in [-0.4, -0.2) is 12.5 Å². The number of nitrogens with two attached hydrogens (primary N) is 1. The maximum absolute atomic E-state index is 10.9. The molecule has 0 unspecified atom stereocenters. The highest BCUT2D eigenvalue weighted by atomic mass is 35.5. The highest BCUT2D eigenvalue weighted by Crippen LogP contribution is 2.20. The molecule has 0 fully saturated rings. The second kappa shape index (κ2) is 5.61. The molecule has 0 aliphatic carbocycles. The summed E-state index contributed by atoms with van der Waals surface area (Å²) < 4.78 is 0. The maximum atomic E-state index is 10.9. The maximum Gasteiger partial charge on any atom is 0.250 e. The fourth-order valence-corrected chi connectivity index (χ4v) is 1.51. The molecular weight excluding hydrogens is 212 g/mol. The summed E-state index contributed by atoms with van der Waals surface area (Å²) in [4.78, 5) is 10.9. The fraction of sp³-hybridized carbons (Fsp3) is 0.364. The zero-order chi connectivity index (χ0) is 11.3. The lowest BCUT2D eigenvalue weighted by molar-refractivity contribution is 0.100. The summed E-state index contributed by atoms with van der Waals surface area (Å²) in [6, 6.07) is 5.16. The molecule has 3 N–H and O–H groups in total. The Morgan fingerprint density at radius 3 is 2.80 bits per heavy atom. The Hall–Kier alpha value is -1.22. The van der Waals surface area contributed by atoms with Gasteiger partial charge in [-0.1, -0.05) is 24.9 Å². The summed E-state index contributed by atoms with van der Waals surface area (Å²) in [5.41, 5.74) is 6.42.